The van der Waals surface area contributed by atoms with Crippen molar-refractivity contribution in [3.8, 4) is 5.75 Å². The summed E-state index contributed by atoms with van der Waals surface area (Å²) < 4.78 is 44.7. The molecule has 1 amide bonds. The van der Waals surface area contributed by atoms with Crippen LogP contribution in [0, 0.1) is 6.92 Å². The minimum atomic E-state index is -4.50. The van der Waals surface area contributed by atoms with Gasteiger partial charge in [-0.25, -0.2) is 4.98 Å². The van der Waals surface area contributed by atoms with Crippen LogP contribution >= 0.6 is 11.3 Å². The van der Waals surface area contributed by atoms with Crippen molar-refractivity contribution in [2.24, 2.45) is 0 Å². The van der Waals surface area contributed by atoms with Gasteiger partial charge in [0, 0.05) is 0 Å². The maximum atomic E-state index is 13.0. The molecule has 130 valence electrons. The number of rotatable bonds is 4. The Balaban J connectivity index is 1.73. The van der Waals surface area contributed by atoms with Crippen molar-refractivity contribution in [3.63, 3.8) is 0 Å². The van der Waals surface area contributed by atoms with E-state index in [9.17, 15) is 18.0 Å². The number of alkyl halides is 3. The summed E-state index contributed by atoms with van der Waals surface area (Å²) in [5.74, 6) is 0.0807. The number of aromatic nitrogens is 1. The predicted molar refractivity (Wildman–Crippen MR) is 89.9 cm³/mol. The minimum absolute atomic E-state index is 0.102. The van der Waals surface area contributed by atoms with Crippen LogP contribution in [0.25, 0.3) is 10.2 Å². The molecule has 0 spiro atoms. The lowest BCUT2D eigenvalue weighted by Gasteiger charge is -2.08. The van der Waals surface area contributed by atoms with Crippen LogP contribution in [0.15, 0.2) is 42.5 Å². The first kappa shape index (κ1) is 17.2. The lowest BCUT2D eigenvalue weighted by atomic mass is 10.2. The lowest BCUT2D eigenvalue weighted by Crippen LogP contribution is -2.20. The Labute approximate surface area is 145 Å². The molecule has 8 heteroatoms. The van der Waals surface area contributed by atoms with Crippen LogP contribution < -0.4 is 10.1 Å². The zero-order chi connectivity index (χ0) is 18.0. The van der Waals surface area contributed by atoms with E-state index in [4.69, 9.17) is 4.74 Å². The monoisotopic (exact) mass is 366 g/mol. The Bertz CT molecular complexity index is 922. The Kier molecular flexibility index (Phi) is 4.63. The van der Waals surface area contributed by atoms with E-state index in [0.717, 1.165) is 23.0 Å². The number of carbonyl (C=O) groups is 1. The van der Waals surface area contributed by atoms with Gasteiger partial charge in [0.05, 0.1) is 15.8 Å². The highest BCUT2D eigenvalue weighted by Gasteiger charge is 2.33. The number of hydrogen-bond acceptors (Lipinski definition) is 4. The van der Waals surface area contributed by atoms with Crippen LogP contribution in [0.4, 0.5) is 18.3 Å². The highest BCUT2D eigenvalue weighted by Crippen LogP contribution is 2.37. The van der Waals surface area contributed by atoms with Crippen LogP contribution in [0.3, 0.4) is 0 Å². The normalized spacial score (nSPS) is 11.5. The molecule has 0 aliphatic carbocycles. The summed E-state index contributed by atoms with van der Waals surface area (Å²) in [5, 5.41) is 2.58. The van der Waals surface area contributed by atoms with E-state index in [0.29, 0.717) is 10.4 Å². The van der Waals surface area contributed by atoms with E-state index < -0.39 is 17.6 Å². The standard InChI is InChI=1S/C17H13F3N2O2S/c1-10-5-2-3-7-12(10)24-9-14(23)21-16-22-15-11(17(18,19)20)6-4-8-13(15)25-16/h2-8H,9H2,1H3,(H,21,22,23). The number of hydrogen-bond donors (Lipinski definition) is 1. The molecule has 1 N–H and O–H groups in total. The highest BCUT2D eigenvalue weighted by molar-refractivity contribution is 7.22. The lowest BCUT2D eigenvalue weighted by molar-refractivity contribution is -0.136. The van der Waals surface area contributed by atoms with Crippen molar-refractivity contribution in [1.82, 2.24) is 4.98 Å². The number of ether oxygens (including phenoxy) is 1. The summed E-state index contributed by atoms with van der Waals surface area (Å²) in [5.41, 5.74) is -0.113. The zero-order valence-electron chi connectivity index (χ0n) is 13.1. The Morgan fingerprint density at radius 2 is 1.96 bits per heavy atom. The first-order valence-corrected chi connectivity index (χ1v) is 8.11. The number of aryl methyl sites for hydroxylation is 1. The van der Waals surface area contributed by atoms with E-state index in [1.54, 1.807) is 12.1 Å². The second kappa shape index (κ2) is 6.72. The Morgan fingerprint density at radius 1 is 1.20 bits per heavy atom. The number of fused-ring (bicyclic) bond motifs is 1. The molecule has 3 rings (SSSR count). The molecule has 0 aliphatic rings. The van der Waals surface area contributed by atoms with Crippen LogP contribution in [0.1, 0.15) is 11.1 Å². The van der Waals surface area contributed by atoms with Crippen molar-refractivity contribution in [2.45, 2.75) is 13.1 Å². The van der Waals surface area contributed by atoms with Crippen LogP contribution in [0.5, 0.6) is 5.75 Å². The molecule has 0 fully saturated rings. The summed E-state index contributed by atoms with van der Waals surface area (Å²) in [6.45, 7) is 1.59. The third kappa shape index (κ3) is 3.90. The maximum absolute atomic E-state index is 13.0. The second-order valence-corrected chi connectivity index (χ2v) is 6.30. The van der Waals surface area contributed by atoms with Crippen molar-refractivity contribution >= 4 is 32.6 Å². The fourth-order valence-corrected chi connectivity index (χ4v) is 3.16. The van der Waals surface area contributed by atoms with Gasteiger partial charge in [0.1, 0.15) is 5.75 Å². The smallest absolute Gasteiger partial charge is 0.418 e. The summed E-state index contributed by atoms with van der Waals surface area (Å²) in [6.07, 6.45) is -4.50. The molecule has 2 aromatic carbocycles. The van der Waals surface area contributed by atoms with Crippen molar-refractivity contribution in [3.05, 3.63) is 53.6 Å². The number of amides is 1. The fraction of sp³-hybridized carbons (Fsp3) is 0.176. The van der Waals surface area contributed by atoms with Gasteiger partial charge in [-0.1, -0.05) is 35.6 Å². The molecule has 0 radical (unpaired) electrons. The molecule has 0 saturated heterocycles. The van der Waals surface area contributed by atoms with Crippen LogP contribution in [-0.2, 0) is 11.0 Å². The molecule has 0 atom stereocenters. The molecule has 4 nitrogen and oxygen atoms in total. The van der Waals surface area contributed by atoms with Crippen molar-refractivity contribution < 1.29 is 22.7 Å². The molecule has 0 saturated carbocycles. The Hall–Kier alpha value is -2.61. The maximum Gasteiger partial charge on any atom is 0.418 e. The van der Waals surface area contributed by atoms with Crippen molar-refractivity contribution in [2.75, 3.05) is 11.9 Å². The number of thiazole rings is 1. The second-order valence-electron chi connectivity index (χ2n) is 5.27. The third-order valence-corrected chi connectivity index (χ3v) is 4.36. The summed E-state index contributed by atoms with van der Waals surface area (Å²) in [6, 6.07) is 11.0. The van der Waals surface area contributed by atoms with Crippen LogP contribution in [0.2, 0.25) is 0 Å². The SMILES string of the molecule is Cc1ccccc1OCC(=O)Nc1nc2c(C(F)(F)F)cccc2s1. The predicted octanol–water partition coefficient (Wildman–Crippen LogP) is 4.64. The van der Waals surface area contributed by atoms with E-state index >= 15 is 0 Å². The van der Waals surface area contributed by atoms with Gasteiger partial charge in [-0.05, 0) is 30.7 Å². The molecule has 1 aromatic heterocycles. The average Bonchev–Trinajstić information content (AvgIpc) is 2.95. The number of nitrogens with zero attached hydrogens (tertiary/aromatic N) is 1. The first-order chi connectivity index (χ1) is 11.8. The van der Waals surface area contributed by atoms with Crippen LogP contribution in [-0.4, -0.2) is 17.5 Å². The summed E-state index contributed by atoms with van der Waals surface area (Å²) in [7, 11) is 0. The average molecular weight is 366 g/mol. The molecular weight excluding hydrogens is 353 g/mol. The van der Waals surface area contributed by atoms with E-state index in [1.807, 2.05) is 19.1 Å². The molecule has 3 aromatic rings. The Morgan fingerprint density at radius 3 is 2.68 bits per heavy atom. The molecule has 0 aliphatic heterocycles. The quantitative estimate of drug-likeness (QED) is 0.732. The highest BCUT2D eigenvalue weighted by atomic mass is 32.1. The molecular formula is C17H13F3N2O2S. The topological polar surface area (TPSA) is 51.2 Å². The number of halogens is 3. The number of nitrogens with one attached hydrogen (secondary N) is 1. The van der Waals surface area contributed by atoms with E-state index in [2.05, 4.69) is 10.3 Å². The van der Waals surface area contributed by atoms with Gasteiger partial charge in [-0.15, -0.1) is 0 Å². The molecule has 25 heavy (non-hydrogen) atoms. The zero-order valence-corrected chi connectivity index (χ0v) is 13.9. The van der Waals surface area contributed by atoms with Gasteiger partial charge in [0.15, 0.2) is 11.7 Å². The fourth-order valence-electron chi connectivity index (χ4n) is 2.25. The summed E-state index contributed by atoms with van der Waals surface area (Å²) in [4.78, 5) is 15.9. The number of anilines is 1. The third-order valence-electron chi connectivity index (χ3n) is 3.42. The molecule has 0 bridgehead atoms. The molecule has 1 heterocycles. The van der Waals surface area contributed by atoms with Gasteiger partial charge in [-0.3, -0.25) is 10.1 Å². The van der Waals surface area contributed by atoms with Gasteiger partial charge in [0.2, 0.25) is 0 Å². The molecule has 0 unspecified atom stereocenters. The number of para-hydroxylation sites is 2. The van der Waals surface area contributed by atoms with Crippen molar-refractivity contribution in [1.29, 1.82) is 0 Å². The number of benzene rings is 2. The van der Waals surface area contributed by atoms with E-state index in [-0.39, 0.29) is 17.3 Å². The summed E-state index contributed by atoms with van der Waals surface area (Å²) >= 11 is 0.982. The largest absolute Gasteiger partial charge is 0.483 e. The minimum Gasteiger partial charge on any atom is -0.483 e. The van der Waals surface area contributed by atoms with Gasteiger partial charge in [-0.2, -0.15) is 13.2 Å². The van der Waals surface area contributed by atoms with Gasteiger partial charge >= 0.3 is 6.18 Å². The van der Waals surface area contributed by atoms with Gasteiger partial charge in [0.25, 0.3) is 5.91 Å². The van der Waals surface area contributed by atoms with E-state index in [1.165, 1.54) is 12.1 Å². The first-order valence-electron chi connectivity index (χ1n) is 7.29. The van der Waals surface area contributed by atoms with Gasteiger partial charge < -0.3 is 4.74 Å². The number of carbonyl (C=O) groups excluding carboxylic acids is 1.